The van der Waals surface area contributed by atoms with Gasteiger partial charge in [0.05, 0.1) is 0 Å². The highest BCUT2D eigenvalue weighted by molar-refractivity contribution is 5.94. The third kappa shape index (κ3) is 3.93. The molecule has 1 heterocycles. The Bertz CT molecular complexity index is 505. The summed E-state index contributed by atoms with van der Waals surface area (Å²) in [5, 5.41) is 2.89. The first kappa shape index (κ1) is 13.3. The SMILES string of the molecule is NCc1ccc(C(=O)NCCCc2ncc[nH]2)cc1. The molecule has 4 N–H and O–H groups in total. The number of nitrogens with two attached hydrogens (primary N) is 1. The van der Waals surface area contributed by atoms with Crippen molar-refractivity contribution < 1.29 is 4.79 Å². The third-order valence-corrected chi connectivity index (χ3v) is 2.88. The molecule has 0 bridgehead atoms. The van der Waals surface area contributed by atoms with Crippen LogP contribution in [0, 0.1) is 0 Å². The Morgan fingerprint density at radius 2 is 2.11 bits per heavy atom. The summed E-state index contributed by atoms with van der Waals surface area (Å²) < 4.78 is 0. The molecule has 0 saturated carbocycles. The van der Waals surface area contributed by atoms with Crippen LogP contribution in [0.25, 0.3) is 0 Å². The van der Waals surface area contributed by atoms with Crippen LogP contribution in [0.3, 0.4) is 0 Å². The molecule has 0 aliphatic rings. The number of hydrogen-bond acceptors (Lipinski definition) is 3. The van der Waals surface area contributed by atoms with Crippen molar-refractivity contribution in [2.75, 3.05) is 6.54 Å². The molecule has 0 aliphatic heterocycles. The molecule has 0 fully saturated rings. The van der Waals surface area contributed by atoms with Crippen molar-refractivity contribution in [3.8, 4) is 0 Å². The van der Waals surface area contributed by atoms with Crippen molar-refractivity contribution in [1.82, 2.24) is 15.3 Å². The molecule has 5 nitrogen and oxygen atoms in total. The molecule has 1 aromatic carbocycles. The van der Waals surface area contributed by atoms with E-state index < -0.39 is 0 Å². The zero-order valence-electron chi connectivity index (χ0n) is 10.7. The standard InChI is InChI=1S/C14H18N4O/c15-10-11-3-5-12(6-4-11)14(19)18-7-1-2-13-16-8-9-17-13/h3-6,8-9H,1-2,7,10,15H2,(H,16,17)(H,18,19). The van der Waals surface area contributed by atoms with Gasteiger partial charge in [-0.25, -0.2) is 4.98 Å². The van der Waals surface area contributed by atoms with Crippen LogP contribution in [0.1, 0.15) is 28.2 Å². The summed E-state index contributed by atoms with van der Waals surface area (Å²) in [5.41, 5.74) is 7.20. The number of benzene rings is 1. The number of nitrogens with one attached hydrogen (secondary N) is 2. The predicted octanol–water partition coefficient (Wildman–Crippen LogP) is 1.23. The van der Waals surface area contributed by atoms with Crippen LogP contribution in [0.4, 0.5) is 0 Å². The van der Waals surface area contributed by atoms with Crippen molar-refractivity contribution in [2.24, 2.45) is 5.73 Å². The van der Waals surface area contributed by atoms with E-state index >= 15 is 0 Å². The highest BCUT2D eigenvalue weighted by Crippen LogP contribution is 2.03. The third-order valence-electron chi connectivity index (χ3n) is 2.88. The number of H-pyrrole nitrogens is 1. The fourth-order valence-electron chi connectivity index (χ4n) is 1.79. The van der Waals surface area contributed by atoms with E-state index in [-0.39, 0.29) is 5.91 Å². The normalized spacial score (nSPS) is 10.4. The summed E-state index contributed by atoms with van der Waals surface area (Å²) in [5.74, 6) is 0.893. The van der Waals surface area contributed by atoms with Crippen molar-refractivity contribution in [2.45, 2.75) is 19.4 Å². The molecule has 2 aromatic rings. The lowest BCUT2D eigenvalue weighted by Crippen LogP contribution is -2.24. The topological polar surface area (TPSA) is 83.8 Å². The number of aromatic nitrogens is 2. The summed E-state index contributed by atoms with van der Waals surface area (Å²) >= 11 is 0. The second kappa shape index (κ2) is 6.70. The van der Waals surface area contributed by atoms with Gasteiger partial charge >= 0.3 is 0 Å². The monoisotopic (exact) mass is 258 g/mol. The van der Waals surface area contributed by atoms with E-state index in [1.165, 1.54) is 0 Å². The van der Waals surface area contributed by atoms with E-state index in [2.05, 4.69) is 15.3 Å². The lowest BCUT2D eigenvalue weighted by Gasteiger charge is -2.05. The number of carbonyl (C=O) groups excluding carboxylic acids is 1. The average Bonchev–Trinajstić information content (AvgIpc) is 2.96. The van der Waals surface area contributed by atoms with Gasteiger partial charge in [0.15, 0.2) is 0 Å². The molecular formula is C14H18N4O. The molecule has 5 heteroatoms. The largest absolute Gasteiger partial charge is 0.352 e. The van der Waals surface area contributed by atoms with Gasteiger partial charge < -0.3 is 16.0 Å². The van der Waals surface area contributed by atoms with Gasteiger partial charge in [0.25, 0.3) is 5.91 Å². The van der Waals surface area contributed by atoms with Crippen LogP contribution >= 0.6 is 0 Å². The van der Waals surface area contributed by atoms with E-state index in [0.29, 0.717) is 18.7 Å². The maximum absolute atomic E-state index is 11.8. The number of carbonyl (C=O) groups is 1. The second-order valence-corrected chi connectivity index (χ2v) is 4.30. The molecule has 0 atom stereocenters. The number of rotatable bonds is 6. The molecule has 1 aromatic heterocycles. The minimum Gasteiger partial charge on any atom is -0.352 e. The molecule has 0 radical (unpaired) electrons. The number of imidazole rings is 1. The summed E-state index contributed by atoms with van der Waals surface area (Å²) in [6.45, 7) is 1.13. The molecule has 0 spiro atoms. The van der Waals surface area contributed by atoms with E-state index in [1.54, 1.807) is 24.5 Å². The van der Waals surface area contributed by atoms with Crippen LogP contribution in [0.5, 0.6) is 0 Å². The molecular weight excluding hydrogens is 240 g/mol. The average molecular weight is 258 g/mol. The van der Waals surface area contributed by atoms with Gasteiger partial charge in [0.2, 0.25) is 0 Å². The Hall–Kier alpha value is -2.14. The fourth-order valence-corrected chi connectivity index (χ4v) is 1.79. The molecule has 0 aliphatic carbocycles. The van der Waals surface area contributed by atoms with Gasteiger partial charge in [-0.05, 0) is 24.1 Å². The molecule has 100 valence electrons. The van der Waals surface area contributed by atoms with Gasteiger partial charge in [-0.2, -0.15) is 0 Å². The zero-order chi connectivity index (χ0) is 13.5. The first-order valence-corrected chi connectivity index (χ1v) is 6.35. The smallest absolute Gasteiger partial charge is 0.251 e. The van der Waals surface area contributed by atoms with Gasteiger partial charge in [-0.1, -0.05) is 12.1 Å². The Morgan fingerprint density at radius 3 is 2.74 bits per heavy atom. The van der Waals surface area contributed by atoms with E-state index in [9.17, 15) is 4.79 Å². The first-order valence-electron chi connectivity index (χ1n) is 6.35. The Morgan fingerprint density at radius 1 is 1.32 bits per heavy atom. The highest BCUT2D eigenvalue weighted by atomic mass is 16.1. The minimum atomic E-state index is -0.0528. The molecule has 1 amide bonds. The molecule has 0 saturated heterocycles. The number of hydrogen-bond donors (Lipinski definition) is 3. The fraction of sp³-hybridized carbons (Fsp3) is 0.286. The van der Waals surface area contributed by atoms with Crippen molar-refractivity contribution in [1.29, 1.82) is 0 Å². The van der Waals surface area contributed by atoms with E-state index in [1.807, 2.05) is 12.1 Å². The Kier molecular flexibility index (Phi) is 4.69. The van der Waals surface area contributed by atoms with Crippen molar-refractivity contribution in [3.63, 3.8) is 0 Å². The lowest BCUT2D eigenvalue weighted by atomic mass is 10.1. The Balaban J connectivity index is 1.74. The van der Waals surface area contributed by atoms with Crippen LogP contribution in [0.15, 0.2) is 36.7 Å². The Labute approximate surface area is 112 Å². The number of nitrogens with zero attached hydrogens (tertiary/aromatic N) is 1. The summed E-state index contributed by atoms with van der Waals surface area (Å²) in [6.07, 6.45) is 5.22. The van der Waals surface area contributed by atoms with Gasteiger partial charge in [-0.15, -0.1) is 0 Å². The maximum Gasteiger partial charge on any atom is 0.251 e. The van der Waals surface area contributed by atoms with Crippen LogP contribution in [0.2, 0.25) is 0 Å². The van der Waals surface area contributed by atoms with Gasteiger partial charge in [0, 0.05) is 37.5 Å². The van der Waals surface area contributed by atoms with Crippen molar-refractivity contribution in [3.05, 3.63) is 53.6 Å². The van der Waals surface area contributed by atoms with Gasteiger partial charge in [0.1, 0.15) is 5.82 Å². The molecule has 19 heavy (non-hydrogen) atoms. The van der Waals surface area contributed by atoms with Crippen LogP contribution in [-0.4, -0.2) is 22.4 Å². The van der Waals surface area contributed by atoms with Crippen LogP contribution in [-0.2, 0) is 13.0 Å². The maximum atomic E-state index is 11.8. The quantitative estimate of drug-likeness (QED) is 0.681. The van der Waals surface area contributed by atoms with Gasteiger partial charge in [-0.3, -0.25) is 4.79 Å². The van der Waals surface area contributed by atoms with E-state index in [4.69, 9.17) is 5.73 Å². The summed E-state index contributed by atoms with van der Waals surface area (Å²) in [4.78, 5) is 19.0. The number of aromatic amines is 1. The number of amides is 1. The molecule has 0 unspecified atom stereocenters. The van der Waals surface area contributed by atoms with Crippen molar-refractivity contribution >= 4 is 5.91 Å². The first-order chi connectivity index (χ1) is 9.29. The summed E-state index contributed by atoms with van der Waals surface area (Å²) in [6, 6.07) is 7.34. The molecule has 2 rings (SSSR count). The zero-order valence-corrected chi connectivity index (χ0v) is 10.7. The van der Waals surface area contributed by atoms with Crippen LogP contribution < -0.4 is 11.1 Å². The second-order valence-electron chi connectivity index (χ2n) is 4.30. The lowest BCUT2D eigenvalue weighted by molar-refractivity contribution is 0.0953. The summed E-state index contributed by atoms with van der Waals surface area (Å²) in [7, 11) is 0. The highest BCUT2D eigenvalue weighted by Gasteiger charge is 2.04. The van der Waals surface area contributed by atoms with E-state index in [0.717, 1.165) is 24.2 Å². The number of aryl methyl sites for hydroxylation is 1. The minimum absolute atomic E-state index is 0.0528. The predicted molar refractivity (Wildman–Crippen MR) is 73.6 cm³/mol.